The number of ketones is 2. The number of nitrogens with one attached hydrogen (secondary N) is 2. The molecule has 1 aliphatic heterocycles. The van der Waals surface area contributed by atoms with Gasteiger partial charge >= 0.3 is 6.03 Å². The summed E-state index contributed by atoms with van der Waals surface area (Å²) < 4.78 is 0. The first-order valence-electron chi connectivity index (χ1n) is 8.71. The molecule has 1 atom stereocenters. The van der Waals surface area contributed by atoms with Gasteiger partial charge in [-0.15, -0.1) is 0 Å². The molecule has 3 rings (SSSR count). The first kappa shape index (κ1) is 19.2. The van der Waals surface area contributed by atoms with Crippen LogP contribution >= 0.6 is 0 Å². The van der Waals surface area contributed by atoms with Crippen molar-refractivity contribution in [3.05, 3.63) is 71.3 Å². The van der Waals surface area contributed by atoms with Gasteiger partial charge < -0.3 is 0 Å². The monoisotopic (exact) mass is 378 g/mol. The van der Waals surface area contributed by atoms with E-state index >= 15 is 0 Å². The third-order valence-corrected chi connectivity index (χ3v) is 4.61. The number of barbiturate groups is 1. The molecule has 28 heavy (non-hydrogen) atoms. The molecule has 1 aliphatic rings. The Morgan fingerprint density at radius 1 is 0.857 bits per heavy atom. The van der Waals surface area contributed by atoms with E-state index in [1.807, 2.05) is 17.6 Å². The van der Waals surface area contributed by atoms with E-state index in [1.54, 1.807) is 54.6 Å². The lowest BCUT2D eigenvalue weighted by molar-refractivity contribution is -0.137. The highest BCUT2D eigenvalue weighted by atomic mass is 16.2. The molecule has 2 aromatic rings. The van der Waals surface area contributed by atoms with Crippen molar-refractivity contribution in [2.45, 2.75) is 13.3 Å². The van der Waals surface area contributed by atoms with Gasteiger partial charge in [-0.05, 0) is 6.92 Å². The van der Waals surface area contributed by atoms with Gasteiger partial charge in [0.15, 0.2) is 11.6 Å². The number of rotatable bonds is 6. The molecular formula is C21H18N2O5. The zero-order valence-corrected chi connectivity index (χ0v) is 15.1. The summed E-state index contributed by atoms with van der Waals surface area (Å²) in [5.74, 6) is -5.36. The topological polar surface area (TPSA) is 109 Å². The highest BCUT2D eigenvalue weighted by Crippen LogP contribution is 2.26. The molecule has 0 saturated carbocycles. The first-order chi connectivity index (χ1) is 13.4. The molecule has 0 spiro atoms. The van der Waals surface area contributed by atoms with E-state index in [0.717, 1.165) is 5.56 Å². The second-order valence-electron chi connectivity index (χ2n) is 6.62. The first-order valence-corrected chi connectivity index (χ1v) is 8.71. The Bertz CT molecular complexity index is 931. The minimum absolute atomic E-state index is 0.286. The highest BCUT2D eigenvalue weighted by molar-refractivity contribution is 6.19. The number of aryl methyl sites for hydroxylation is 1. The van der Waals surface area contributed by atoms with Gasteiger partial charge in [0.2, 0.25) is 11.8 Å². The molecule has 7 nitrogen and oxygen atoms in total. The fourth-order valence-electron chi connectivity index (χ4n) is 3.13. The molecule has 2 N–H and O–H groups in total. The molecule has 2 aromatic carbocycles. The van der Waals surface area contributed by atoms with Crippen molar-refractivity contribution < 1.29 is 24.0 Å². The number of benzene rings is 2. The average molecular weight is 378 g/mol. The van der Waals surface area contributed by atoms with E-state index in [2.05, 4.69) is 0 Å². The summed E-state index contributed by atoms with van der Waals surface area (Å²) in [6, 6.07) is 14.0. The third-order valence-electron chi connectivity index (χ3n) is 4.61. The second-order valence-corrected chi connectivity index (χ2v) is 6.62. The molecule has 1 unspecified atom stereocenters. The smallest absolute Gasteiger partial charge is 0.294 e. The third kappa shape index (κ3) is 4.03. The van der Waals surface area contributed by atoms with Crippen LogP contribution in [0.2, 0.25) is 0 Å². The van der Waals surface area contributed by atoms with Crippen molar-refractivity contribution in [2.24, 2.45) is 11.8 Å². The molecule has 0 bridgehead atoms. The molecule has 0 aromatic heterocycles. The van der Waals surface area contributed by atoms with Crippen LogP contribution in [0.25, 0.3) is 0 Å². The Labute approximate surface area is 161 Å². The van der Waals surface area contributed by atoms with Crippen molar-refractivity contribution in [3.63, 3.8) is 0 Å². The molecule has 4 amide bonds. The summed E-state index contributed by atoms with van der Waals surface area (Å²) in [4.78, 5) is 61.8. The maximum Gasteiger partial charge on any atom is 0.328 e. The van der Waals surface area contributed by atoms with Crippen LogP contribution in [0.5, 0.6) is 0 Å². The maximum absolute atomic E-state index is 13.1. The number of amides is 4. The Balaban J connectivity index is 1.95. The lowest BCUT2D eigenvalue weighted by Gasteiger charge is -2.27. The van der Waals surface area contributed by atoms with Crippen LogP contribution in [0.3, 0.4) is 0 Å². The van der Waals surface area contributed by atoms with E-state index in [0.29, 0.717) is 5.56 Å². The second kappa shape index (κ2) is 7.96. The van der Waals surface area contributed by atoms with Gasteiger partial charge in [-0.25, -0.2) is 4.79 Å². The predicted molar refractivity (Wildman–Crippen MR) is 99.6 cm³/mol. The zero-order chi connectivity index (χ0) is 20.3. The van der Waals surface area contributed by atoms with Crippen molar-refractivity contribution in [2.75, 3.05) is 0 Å². The van der Waals surface area contributed by atoms with Crippen molar-refractivity contribution in [1.82, 2.24) is 10.6 Å². The molecule has 1 fully saturated rings. The molecule has 7 heteroatoms. The summed E-state index contributed by atoms with van der Waals surface area (Å²) >= 11 is 0. The number of urea groups is 1. The molecular weight excluding hydrogens is 360 g/mol. The summed E-state index contributed by atoms with van der Waals surface area (Å²) in [6.07, 6.45) is -0.337. The van der Waals surface area contributed by atoms with Crippen LogP contribution in [0, 0.1) is 18.8 Å². The Kier molecular flexibility index (Phi) is 5.44. The molecule has 142 valence electrons. The SMILES string of the molecule is Cc1ccc(C(=O)C(CC(=O)c2ccccc2)C2C(=O)NC(=O)NC2=O)cc1. The van der Waals surface area contributed by atoms with Gasteiger partial charge in [0.1, 0.15) is 5.92 Å². The lowest BCUT2D eigenvalue weighted by Crippen LogP contribution is -2.58. The van der Waals surface area contributed by atoms with Crippen molar-refractivity contribution >= 4 is 29.4 Å². The number of hydrogen-bond acceptors (Lipinski definition) is 5. The standard InChI is InChI=1S/C21H18N2O5/c1-12-7-9-14(10-8-12)18(25)15(11-16(24)13-5-3-2-4-6-13)17-19(26)22-21(28)23-20(17)27/h2-10,15,17H,11H2,1H3,(H2,22,23,26,27,28). The quantitative estimate of drug-likeness (QED) is 0.591. The minimum Gasteiger partial charge on any atom is -0.294 e. The van der Waals surface area contributed by atoms with E-state index in [9.17, 15) is 24.0 Å². The van der Waals surface area contributed by atoms with Gasteiger partial charge in [-0.1, -0.05) is 60.2 Å². The van der Waals surface area contributed by atoms with Gasteiger partial charge in [0, 0.05) is 17.5 Å². The summed E-state index contributed by atoms with van der Waals surface area (Å²) in [6.45, 7) is 1.86. The van der Waals surface area contributed by atoms with E-state index in [4.69, 9.17) is 0 Å². The summed E-state index contributed by atoms with van der Waals surface area (Å²) in [7, 11) is 0. The average Bonchev–Trinajstić information content (AvgIpc) is 2.67. The lowest BCUT2D eigenvalue weighted by atomic mass is 9.79. The normalized spacial score (nSPS) is 15.5. The number of carbonyl (C=O) groups excluding carboxylic acids is 5. The fraction of sp³-hybridized carbons (Fsp3) is 0.190. The van der Waals surface area contributed by atoms with Gasteiger partial charge in [-0.3, -0.25) is 29.8 Å². The van der Waals surface area contributed by atoms with Crippen LogP contribution in [0.15, 0.2) is 54.6 Å². The Morgan fingerprint density at radius 2 is 1.43 bits per heavy atom. The van der Waals surface area contributed by atoms with Crippen LogP contribution < -0.4 is 10.6 Å². The van der Waals surface area contributed by atoms with Gasteiger partial charge in [0.25, 0.3) is 0 Å². The summed E-state index contributed by atoms with van der Waals surface area (Å²) in [5, 5.41) is 3.99. The minimum atomic E-state index is -1.47. The van der Waals surface area contributed by atoms with Crippen molar-refractivity contribution in [1.29, 1.82) is 0 Å². The van der Waals surface area contributed by atoms with Gasteiger partial charge in [0.05, 0.1) is 5.92 Å². The summed E-state index contributed by atoms with van der Waals surface area (Å²) in [5.41, 5.74) is 1.60. The van der Waals surface area contributed by atoms with Crippen LogP contribution in [-0.4, -0.2) is 29.4 Å². The zero-order valence-electron chi connectivity index (χ0n) is 15.1. The van der Waals surface area contributed by atoms with Crippen LogP contribution in [0.4, 0.5) is 4.79 Å². The highest BCUT2D eigenvalue weighted by Gasteiger charge is 2.44. The van der Waals surface area contributed by atoms with Crippen molar-refractivity contribution in [3.8, 4) is 0 Å². The number of imide groups is 2. The number of carbonyl (C=O) groups is 5. The Hall–Kier alpha value is -3.61. The Morgan fingerprint density at radius 3 is 2.00 bits per heavy atom. The fourth-order valence-corrected chi connectivity index (χ4v) is 3.13. The largest absolute Gasteiger partial charge is 0.328 e. The predicted octanol–water partition coefficient (Wildman–Crippen LogP) is 2.05. The number of hydrogen-bond donors (Lipinski definition) is 2. The van der Waals surface area contributed by atoms with Gasteiger partial charge in [-0.2, -0.15) is 0 Å². The maximum atomic E-state index is 13.1. The van der Waals surface area contributed by atoms with E-state index in [1.165, 1.54) is 0 Å². The van der Waals surface area contributed by atoms with E-state index < -0.39 is 35.5 Å². The van der Waals surface area contributed by atoms with Crippen LogP contribution in [0.1, 0.15) is 32.7 Å². The molecule has 0 radical (unpaired) electrons. The van der Waals surface area contributed by atoms with E-state index in [-0.39, 0.29) is 17.8 Å². The molecule has 1 heterocycles. The molecule has 1 saturated heterocycles. The molecule has 0 aliphatic carbocycles. The van der Waals surface area contributed by atoms with Crippen LogP contribution in [-0.2, 0) is 9.59 Å². The number of Topliss-reactive ketones (excluding diaryl/α,β-unsaturated/α-hetero) is 2.